The number of aliphatic hydroxyl groups excluding tert-OH is 1. The van der Waals surface area contributed by atoms with Gasteiger partial charge in [-0.15, -0.1) is 0 Å². The average molecular weight is 484 g/mol. The van der Waals surface area contributed by atoms with Crippen molar-refractivity contribution in [3.8, 4) is 5.75 Å². The summed E-state index contributed by atoms with van der Waals surface area (Å²) in [6.07, 6.45) is 3.49. The van der Waals surface area contributed by atoms with E-state index in [1.807, 2.05) is 39.1 Å². The molecule has 0 radical (unpaired) electrons. The Kier molecular flexibility index (Phi) is 9.45. The van der Waals surface area contributed by atoms with Crippen molar-refractivity contribution in [3.05, 3.63) is 53.9 Å². The van der Waals surface area contributed by atoms with E-state index in [-0.39, 0.29) is 43.0 Å². The Bertz CT molecular complexity index is 987. The number of carbonyl (C=O) groups excluding carboxylic acids is 2. The van der Waals surface area contributed by atoms with E-state index in [9.17, 15) is 14.7 Å². The molecule has 0 bridgehead atoms. The van der Waals surface area contributed by atoms with Crippen molar-refractivity contribution in [2.45, 2.75) is 45.9 Å². The van der Waals surface area contributed by atoms with Crippen molar-refractivity contribution in [1.29, 1.82) is 0 Å². The molecule has 3 rings (SSSR count). The van der Waals surface area contributed by atoms with Crippen molar-refractivity contribution in [2.24, 2.45) is 5.92 Å². The Labute approximate surface area is 207 Å². The largest absolute Gasteiger partial charge is 0.488 e. The predicted octanol–water partition coefficient (Wildman–Crippen LogP) is 2.50. The maximum atomic E-state index is 13.3. The number of hydrogen-bond donors (Lipinski definition) is 3. The SMILES string of the molecule is CCNC(=O)Nc1ccc2c(c1)CC(=O)N(C(C)CO)CC(C)C(CN(C)Cc1ccncc1)O2. The van der Waals surface area contributed by atoms with Gasteiger partial charge in [0.2, 0.25) is 5.91 Å². The number of aliphatic hydroxyl groups is 1. The summed E-state index contributed by atoms with van der Waals surface area (Å²) in [7, 11) is 2.04. The predicted molar refractivity (Wildman–Crippen MR) is 135 cm³/mol. The van der Waals surface area contributed by atoms with E-state index in [1.54, 1.807) is 29.4 Å². The fourth-order valence-electron chi connectivity index (χ4n) is 4.23. The molecule has 35 heavy (non-hydrogen) atoms. The number of fused-ring (bicyclic) bond motifs is 1. The number of urea groups is 1. The monoisotopic (exact) mass is 483 g/mol. The van der Waals surface area contributed by atoms with Crippen molar-refractivity contribution in [1.82, 2.24) is 20.1 Å². The molecule has 3 unspecified atom stereocenters. The number of amides is 3. The summed E-state index contributed by atoms with van der Waals surface area (Å²) < 4.78 is 6.53. The third-order valence-corrected chi connectivity index (χ3v) is 6.21. The molecule has 0 saturated carbocycles. The highest BCUT2D eigenvalue weighted by Gasteiger charge is 2.31. The molecule has 1 aliphatic heterocycles. The molecule has 9 nitrogen and oxygen atoms in total. The summed E-state index contributed by atoms with van der Waals surface area (Å²) in [6, 6.07) is 8.77. The van der Waals surface area contributed by atoms with Crippen LogP contribution in [0.5, 0.6) is 5.75 Å². The molecule has 1 aromatic carbocycles. The second-order valence-corrected chi connectivity index (χ2v) is 9.25. The summed E-state index contributed by atoms with van der Waals surface area (Å²) in [5, 5.41) is 15.3. The number of carbonyl (C=O) groups is 2. The fraction of sp³-hybridized carbons (Fsp3) is 0.500. The highest BCUT2D eigenvalue weighted by molar-refractivity contribution is 5.89. The van der Waals surface area contributed by atoms with Crippen LogP contribution in [0, 0.1) is 5.92 Å². The third kappa shape index (κ3) is 7.40. The van der Waals surface area contributed by atoms with Crippen LogP contribution in [0.25, 0.3) is 0 Å². The normalized spacial score (nSPS) is 19.1. The maximum absolute atomic E-state index is 13.3. The number of nitrogens with one attached hydrogen (secondary N) is 2. The summed E-state index contributed by atoms with van der Waals surface area (Å²) in [4.78, 5) is 33.3. The number of anilines is 1. The number of ether oxygens (including phenoxy) is 1. The summed E-state index contributed by atoms with van der Waals surface area (Å²) in [5.74, 6) is 0.573. The molecule has 0 saturated heterocycles. The lowest BCUT2D eigenvalue weighted by molar-refractivity contribution is -0.134. The second-order valence-electron chi connectivity index (χ2n) is 9.25. The zero-order chi connectivity index (χ0) is 25.4. The maximum Gasteiger partial charge on any atom is 0.319 e. The number of likely N-dealkylation sites (N-methyl/N-ethyl adjacent to an activating group) is 1. The van der Waals surface area contributed by atoms with Crippen LogP contribution in [0.2, 0.25) is 0 Å². The molecule has 0 spiro atoms. The van der Waals surface area contributed by atoms with Gasteiger partial charge >= 0.3 is 6.03 Å². The van der Waals surface area contributed by atoms with Crippen LogP contribution in [0.3, 0.4) is 0 Å². The Morgan fingerprint density at radius 2 is 2.06 bits per heavy atom. The Hall–Kier alpha value is -3.17. The minimum Gasteiger partial charge on any atom is -0.488 e. The first-order chi connectivity index (χ1) is 16.8. The molecule has 1 aromatic heterocycles. The number of nitrogens with zero attached hydrogens (tertiary/aromatic N) is 3. The summed E-state index contributed by atoms with van der Waals surface area (Å²) >= 11 is 0. The zero-order valence-electron chi connectivity index (χ0n) is 21.0. The minimum absolute atomic E-state index is 0.0203. The summed E-state index contributed by atoms with van der Waals surface area (Å²) in [6.45, 7) is 8.04. The molecule has 0 aliphatic carbocycles. The quantitative estimate of drug-likeness (QED) is 0.533. The van der Waals surface area contributed by atoms with Crippen LogP contribution >= 0.6 is 0 Å². The van der Waals surface area contributed by atoms with E-state index in [4.69, 9.17) is 4.74 Å². The summed E-state index contributed by atoms with van der Waals surface area (Å²) in [5.41, 5.74) is 2.45. The van der Waals surface area contributed by atoms with Gasteiger partial charge in [-0.25, -0.2) is 4.79 Å². The molecule has 3 amide bonds. The van der Waals surface area contributed by atoms with Crippen molar-refractivity contribution in [3.63, 3.8) is 0 Å². The molecule has 2 heterocycles. The molecule has 2 aromatic rings. The van der Waals surface area contributed by atoms with Gasteiger partial charge in [-0.05, 0) is 56.8 Å². The van der Waals surface area contributed by atoms with E-state index >= 15 is 0 Å². The zero-order valence-corrected chi connectivity index (χ0v) is 21.0. The molecule has 9 heteroatoms. The average Bonchev–Trinajstić information content (AvgIpc) is 2.87. The van der Waals surface area contributed by atoms with Crippen LogP contribution in [0.1, 0.15) is 31.9 Å². The van der Waals surface area contributed by atoms with Crippen LogP contribution in [-0.2, 0) is 17.8 Å². The van der Waals surface area contributed by atoms with Gasteiger partial charge in [0.05, 0.1) is 19.1 Å². The van der Waals surface area contributed by atoms with Gasteiger partial charge in [-0.2, -0.15) is 0 Å². The number of aromatic nitrogens is 1. The van der Waals surface area contributed by atoms with Crippen molar-refractivity contribution >= 4 is 17.6 Å². The highest BCUT2D eigenvalue weighted by atomic mass is 16.5. The van der Waals surface area contributed by atoms with E-state index in [1.165, 1.54) is 0 Å². The first-order valence-electron chi connectivity index (χ1n) is 12.1. The van der Waals surface area contributed by atoms with Gasteiger partial charge in [-0.1, -0.05) is 6.92 Å². The molecule has 1 aliphatic rings. The standard InChI is InChI=1S/C26H37N5O4/c1-5-28-26(34)29-22-6-7-23-21(12-22)13-25(33)31(19(3)17-32)14-18(2)24(35-23)16-30(4)15-20-8-10-27-11-9-20/h6-12,18-19,24,32H,5,13-17H2,1-4H3,(H2,28,29,34). The molecule has 3 N–H and O–H groups in total. The lowest BCUT2D eigenvalue weighted by Gasteiger charge is -2.34. The molecule has 3 atom stereocenters. The Morgan fingerprint density at radius 1 is 1.31 bits per heavy atom. The number of pyridine rings is 1. The first-order valence-corrected chi connectivity index (χ1v) is 12.1. The molecule has 0 fully saturated rings. The Balaban J connectivity index is 1.88. The molecular weight excluding hydrogens is 446 g/mol. The smallest absolute Gasteiger partial charge is 0.319 e. The Morgan fingerprint density at radius 3 is 2.74 bits per heavy atom. The fourth-order valence-corrected chi connectivity index (χ4v) is 4.23. The van der Waals surface area contributed by atoms with Crippen LogP contribution < -0.4 is 15.4 Å². The van der Waals surface area contributed by atoms with Gasteiger partial charge in [-0.3, -0.25) is 14.7 Å². The first kappa shape index (κ1) is 26.4. The van der Waals surface area contributed by atoms with Crippen LogP contribution in [0.4, 0.5) is 10.5 Å². The van der Waals surface area contributed by atoms with E-state index in [2.05, 4.69) is 27.4 Å². The lowest BCUT2D eigenvalue weighted by Crippen LogP contribution is -2.47. The topological polar surface area (TPSA) is 107 Å². The second kappa shape index (κ2) is 12.5. The van der Waals surface area contributed by atoms with E-state index in [0.29, 0.717) is 36.6 Å². The highest BCUT2D eigenvalue weighted by Crippen LogP contribution is 2.29. The van der Waals surface area contributed by atoms with E-state index < -0.39 is 0 Å². The number of rotatable bonds is 8. The van der Waals surface area contributed by atoms with Gasteiger partial charge < -0.3 is 25.4 Å². The van der Waals surface area contributed by atoms with Gasteiger partial charge in [0.1, 0.15) is 11.9 Å². The number of benzene rings is 1. The lowest BCUT2D eigenvalue weighted by atomic mass is 10.0. The van der Waals surface area contributed by atoms with Gasteiger partial charge in [0, 0.05) is 55.7 Å². The van der Waals surface area contributed by atoms with Crippen LogP contribution in [0.15, 0.2) is 42.7 Å². The van der Waals surface area contributed by atoms with Crippen molar-refractivity contribution < 1.29 is 19.4 Å². The molecular formula is C26H37N5O4. The van der Waals surface area contributed by atoms with Crippen LogP contribution in [-0.4, -0.2) is 77.3 Å². The third-order valence-electron chi connectivity index (χ3n) is 6.21. The number of hydrogen-bond acceptors (Lipinski definition) is 6. The van der Waals surface area contributed by atoms with E-state index in [0.717, 1.165) is 12.1 Å². The minimum atomic E-state index is -0.307. The van der Waals surface area contributed by atoms with Gasteiger partial charge in [0.25, 0.3) is 0 Å². The van der Waals surface area contributed by atoms with Crippen molar-refractivity contribution in [2.75, 3.05) is 38.6 Å². The van der Waals surface area contributed by atoms with Gasteiger partial charge in [0.15, 0.2) is 0 Å². The molecule has 190 valence electrons.